The Balaban J connectivity index is 1.90. The van der Waals surface area contributed by atoms with Crippen molar-refractivity contribution in [3.63, 3.8) is 0 Å². The molecule has 1 N–H and O–H groups in total. The Morgan fingerprint density at radius 1 is 1.40 bits per heavy atom. The lowest BCUT2D eigenvalue weighted by atomic mass is 10.0. The van der Waals surface area contributed by atoms with E-state index in [2.05, 4.69) is 5.32 Å². The van der Waals surface area contributed by atoms with Crippen molar-refractivity contribution in [2.75, 3.05) is 11.9 Å². The molecular weight excluding hydrogens is 283 g/mol. The van der Waals surface area contributed by atoms with Gasteiger partial charge in [-0.25, -0.2) is 4.39 Å². The molecule has 0 atom stereocenters. The van der Waals surface area contributed by atoms with Crippen LogP contribution in [-0.2, 0) is 0 Å². The maximum Gasteiger partial charge on any atom is 0.295 e. The first-order chi connectivity index (χ1) is 9.58. The summed E-state index contributed by atoms with van der Waals surface area (Å²) in [5.74, 6) is 0.0264. The average molecular weight is 301 g/mol. The summed E-state index contributed by atoms with van der Waals surface area (Å²) in [6.45, 7) is 0.638. The highest BCUT2D eigenvalue weighted by Crippen LogP contribution is 2.31. The van der Waals surface area contributed by atoms with Gasteiger partial charge in [-0.05, 0) is 24.8 Å². The topological polar surface area (TPSA) is 55.2 Å². The number of benzene rings is 1. The van der Waals surface area contributed by atoms with E-state index in [1.54, 1.807) is 0 Å². The summed E-state index contributed by atoms with van der Waals surface area (Å²) in [4.78, 5) is 10.3. The van der Waals surface area contributed by atoms with Crippen LogP contribution in [0.3, 0.4) is 0 Å². The lowest BCUT2D eigenvalue weighted by Crippen LogP contribution is -2.06. The molecular formula is C14H18ClFN2O2. The lowest BCUT2D eigenvalue weighted by molar-refractivity contribution is -0.384. The minimum absolute atomic E-state index is 0.103. The first-order valence-electron chi connectivity index (χ1n) is 6.95. The van der Waals surface area contributed by atoms with Crippen molar-refractivity contribution < 1.29 is 9.31 Å². The second-order valence-corrected chi connectivity index (χ2v) is 5.67. The molecule has 0 aromatic heterocycles. The normalized spacial score (nSPS) is 15.5. The minimum atomic E-state index is -0.769. The fourth-order valence-corrected chi connectivity index (χ4v) is 2.91. The molecule has 1 aromatic rings. The quantitative estimate of drug-likeness (QED) is 0.468. The van der Waals surface area contributed by atoms with Gasteiger partial charge in [0.05, 0.1) is 16.0 Å². The summed E-state index contributed by atoms with van der Waals surface area (Å²) in [6, 6.07) is 2.15. The van der Waals surface area contributed by atoms with Crippen LogP contribution >= 0.6 is 11.6 Å². The Morgan fingerprint density at radius 2 is 2.10 bits per heavy atom. The lowest BCUT2D eigenvalue weighted by Gasteiger charge is -2.10. The van der Waals surface area contributed by atoms with E-state index in [1.807, 2.05) is 0 Å². The van der Waals surface area contributed by atoms with Crippen LogP contribution in [0.1, 0.15) is 38.5 Å². The third-order valence-corrected chi connectivity index (χ3v) is 4.10. The molecule has 0 bridgehead atoms. The number of nitrogens with zero attached hydrogens (tertiary/aromatic N) is 1. The summed E-state index contributed by atoms with van der Waals surface area (Å²) in [5.41, 5.74) is 0.0144. The van der Waals surface area contributed by atoms with Gasteiger partial charge >= 0.3 is 0 Å². The van der Waals surface area contributed by atoms with Gasteiger partial charge in [0.1, 0.15) is 11.5 Å². The molecule has 4 nitrogen and oxygen atoms in total. The number of nitro groups is 1. The van der Waals surface area contributed by atoms with E-state index in [1.165, 1.54) is 31.7 Å². The Kier molecular flexibility index (Phi) is 5.17. The van der Waals surface area contributed by atoms with Gasteiger partial charge in [-0.1, -0.05) is 37.3 Å². The third-order valence-electron chi connectivity index (χ3n) is 3.81. The van der Waals surface area contributed by atoms with Gasteiger partial charge < -0.3 is 5.32 Å². The molecule has 1 aliphatic carbocycles. The molecule has 110 valence electrons. The molecule has 1 fully saturated rings. The van der Waals surface area contributed by atoms with Crippen LogP contribution in [0, 0.1) is 21.8 Å². The number of hydrogen-bond acceptors (Lipinski definition) is 3. The number of nitrogens with one attached hydrogen (secondary N) is 1. The zero-order valence-electron chi connectivity index (χ0n) is 11.2. The fourth-order valence-electron chi connectivity index (χ4n) is 2.74. The summed E-state index contributed by atoms with van der Waals surface area (Å²) < 4.78 is 13.2. The summed E-state index contributed by atoms with van der Waals surface area (Å²) in [7, 11) is 0. The zero-order valence-corrected chi connectivity index (χ0v) is 12.0. The van der Waals surface area contributed by atoms with Crippen molar-refractivity contribution >= 4 is 23.0 Å². The SMILES string of the molecule is O=[N+]([O-])c1cc(F)c(Cl)cc1NCCCC1CCCC1. The third kappa shape index (κ3) is 3.82. The molecule has 0 unspecified atom stereocenters. The van der Waals surface area contributed by atoms with Crippen LogP contribution in [0.25, 0.3) is 0 Å². The van der Waals surface area contributed by atoms with Crippen LogP contribution < -0.4 is 5.32 Å². The Labute approximate surface area is 122 Å². The molecule has 20 heavy (non-hydrogen) atoms. The van der Waals surface area contributed by atoms with E-state index in [0.29, 0.717) is 6.54 Å². The number of anilines is 1. The number of halogens is 2. The summed E-state index contributed by atoms with van der Waals surface area (Å²) in [5, 5.41) is 13.8. The fraction of sp³-hybridized carbons (Fsp3) is 0.571. The van der Waals surface area contributed by atoms with Gasteiger partial charge in [0.25, 0.3) is 5.69 Å². The van der Waals surface area contributed by atoms with Gasteiger partial charge in [0, 0.05) is 6.54 Å². The van der Waals surface area contributed by atoms with Crippen LogP contribution in [-0.4, -0.2) is 11.5 Å². The maximum absolute atomic E-state index is 13.2. The average Bonchev–Trinajstić information content (AvgIpc) is 2.91. The molecule has 0 radical (unpaired) electrons. The standard InChI is InChI=1S/C14H18ClFN2O2/c15-11-8-13(14(18(19)20)9-12(11)16)17-7-3-6-10-4-1-2-5-10/h8-10,17H,1-7H2. The van der Waals surface area contributed by atoms with E-state index >= 15 is 0 Å². The van der Waals surface area contributed by atoms with Gasteiger partial charge in [-0.2, -0.15) is 0 Å². The monoisotopic (exact) mass is 300 g/mol. The molecule has 0 amide bonds. The maximum atomic E-state index is 13.2. The Morgan fingerprint density at radius 3 is 2.75 bits per heavy atom. The summed E-state index contributed by atoms with van der Waals surface area (Å²) >= 11 is 5.67. The van der Waals surface area contributed by atoms with Crippen molar-refractivity contribution in [3.05, 3.63) is 33.1 Å². The summed E-state index contributed by atoms with van der Waals surface area (Å²) in [6.07, 6.45) is 7.31. The van der Waals surface area contributed by atoms with Crippen molar-refractivity contribution in [2.24, 2.45) is 5.92 Å². The van der Waals surface area contributed by atoms with Gasteiger partial charge in [0.15, 0.2) is 0 Å². The smallest absolute Gasteiger partial charge is 0.295 e. The highest BCUT2D eigenvalue weighted by molar-refractivity contribution is 6.31. The van der Waals surface area contributed by atoms with E-state index in [4.69, 9.17) is 11.6 Å². The molecule has 2 rings (SSSR count). The number of nitro benzene ring substituents is 1. The second-order valence-electron chi connectivity index (χ2n) is 5.26. The molecule has 0 heterocycles. The molecule has 0 saturated heterocycles. The van der Waals surface area contributed by atoms with E-state index in [0.717, 1.165) is 24.8 Å². The number of rotatable bonds is 6. The Hall–Kier alpha value is -1.36. The van der Waals surface area contributed by atoms with Crippen LogP contribution in [0.15, 0.2) is 12.1 Å². The zero-order chi connectivity index (χ0) is 14.5. The van der Waals surface area contributed by atoms with E-state index in [9.17, 15) is 14.5 Å². The molecule has 6 heteroatoms. The van der Waals surface area contributed by atoms with Crippen molar-refractivity contribution in [1.82, 2.24) is 0 Å². The Bertz CT molecular complexity index is 490. The first kappa shape index (κ1) is 15.0. The van der Waals surface area contributed by atoms with Gasteiger partial charge in [-0.3, -0.25) is 10.1 Å². The molecule has 0 spiro atoms. The molecule has 1 aromatic carbocycles. The van der Waals surface area contributed by atoms with Crippen molar-refractivity contribution in [3.8, 4) is 0 Å². The molecule has 1 saturated carbocycles. The van der Waals surface area contributed by atoms with Gasteiger partial charge in [-0.15, -0.1) is 0 Å². The van der Waals surface area contributed by atoms with E-state index in [-0.39, 0.29) is 16.4 Å². The molecule has 1 aliphatic rings. The minimum Gasteiger partial charge on any atom is -0.379 e. The predicted octanol–water partition coefficient (Wildman–Crippen LogP) is 4.77. The highest BCUT2D eigenvalue weighted by atomic mass is 35.5. The highest BCUT2D eigenvalue weighted by Gasteiger charge is 2.18. The number of hydrogen-bond donors (Lipinski definition) is 1. The molecule has 0 aliphatic heterocycles. The van der Waals surface area contributed by atoms with Crippen LogP contribution in [0.5, 0.6) is 0 Å². The largest absolute Gasteiger partial charge is 0.379 e. The predicted molar refractivity (Wildman–Crippen MR) is 77.7 cm³/mol. The second kappa shape index (κ2) is 6.88. The van der Waals surface area contributed by atoms with E-state index < -0.39 is 10.7 Å². The van der Waals surface area contributed by atoms with Crippen molar-refractivity contribution in [1.29, 1.82) is 0 Å². The van der Waals surface area contributed by atoms with Gasteiger partial charge in [0.2, 0.25) is 0 Å². The van der Waals surface area contributed by atoms with Crippen molar-refractivity contribution in [2.45, 2.75) is 38.5 Å². The van der Waals surface area contributed by atoms with Crippen LogP contribution in [0.2, 0.25) is 5.02 Å². The van der Waals surface area contributed by atoms with Crippen LogP contribution in [0.4, 0.5) is 15.8 Å². The first-order valence-corrected chi connectivity index (χ1v) is 7.33.